The molecule has 0 bridgehead atoms. The number of rotatable bonds is 0. The van der Waals surface area contributed by atoms with Gasteiger partial charge in [-0.1, -0.05) is 6.92 Å². The van der Waals surface area contributed by atoms with Crippen LogP contribution in [-0.2, 0) is 9.53 Å². The molecule has 0 aliphatic carbocycles. The summed E-state index contributed by atoms with van der Waals surface area (Å²) in [7, 11) is 0. The molecule has 10 heavy (non-hydrogen) atoms. The summed E-state index contributed by atoms with van der Waals surface area (Å²) in [6.45, 7) is 3.25. The summed E-state index contributed by atoms with van der Waals surface area (Å²) in [5.41, 5.74) is 0. The van der Waals surface area contributed by atoms with E-state index in [1.54, 1.807) is 0 Å². The molecule has 2 heterocycles. The van der Waals surface area contributed by atoms with Gasteiger partial charge in [-0.3, -0.25) is 4.79 Å². The number of amides is 1. The van der Waals surface area contributed by atoms with E-state index in [0.717, 1.165) is 13.0 Å². The average molecular weight is 141 g/mol. The number of carbonyl (C=O) groups excluding carboxylic acids is 1. The van der Waals surface area contributed by atoms with Crippen molar-refractivity contribution in [2.24, 2.45) is 5.92 Å². The van der Waals surface area contributed by atoms with Crippen molar-refractivity contribution in [2.45, 2.75) is 19.4 Å². The molecule has 2 aliphatic rings. The summed E-state index contributed by atoms with van der Waals surface area (Å²) >= 11 is 0. The highest BCUT2D eigenvalue weighted by Crippen LogP contribution is 2.27. The van der Waals surface area contributed by atoms with Crippen molar-refractivity contribution in [1.82, 2.24) is 4.90 Å². The maximum Gasteiger partial charge on any atom is 0.227 e. The highest BCUT2D eigenvalue weighted by molar-refractivity contribution is 5.81. The third kappa shape index (κ3) is 0.669. The highest BCUT2D eigenvalue weighted by atomic mass is 16.5. The van der Waals surface area contributed by atoms with E-state index in [1.807, 2.05) is 11.8 Å². The second kappa shape index (κ2) is 1.95. The molecule has 0 unspecified atom stereocenters. The zero-order chi connectivity index (χ0) is 7.14. The standard InChI is InChI=1S/C7H11NO2/c1-5-2-6-3-10-4-8(6)7(5)9/h5-6H,2-4H2,1H3/t5-,6-/m0/s1. The van der Waals surface area contributed by atoms with Crippen molar-refractivity contribution >= 4 is 5.91 Å². The van der Waals surface area contributed by atoms with Gasteiger partial charge in [0.1, 0.15) is 6.73 Å². The fraction of sp³-hybridized carbons (Fsp3) is 0.857. The van der Waals surface area contributed by atoms with Crippen LogP contribution in [0.1, 0.15) is 13.3 Å². The van der Waals surface area contributed by atoms with Crippen molar-refractivity contribution in [2.75, 3.05) is 13.3 Å². The number of carbonyl (C=O) groups is 1. The van der Waals surface area contributed by atoms with Crippen LogP contribution in [0.25, 0.3) is 0 Å². The van der Waals surface area contributed by atoms with E-state index in [0.29, 0.717) is 12.8 Å². The van der Waals surface area contributed by atoms with Gasteiger partial charge in [0.05, 0.1) is 12.6 Å². The van der Waals surface area contributed by atoms with Crippen molar-refractivity contribution < 1.29 is 9.53 Å². The third-order valence-corrected chi connectivity index (χ3v) is 2.31. The van der Waals surface area contributed by atoms with Crippen LogP contribution >= 0.6 is 0 Å². The minimum absolute atomic E-state index is 0.230. The van der Waals surface area contributed by atoms with Crippen LogP contribution < -0.4 is 0 Å². The molecule has 3 nitrogen and oxygen atoms in total. The zero-order valence-corrected chi connectivity index (χ0v) is 6.04. The first-order valence-electron chi connectivity index (χ1n) is 3.67. The van der Waals surface area contributed by atoms with Crippen molar-refractivity contribution in [3.8, 4) is 0 Å². The fourth-order valence-corrected chi connectivity index (χ4v) is 1.71. The Kier molecular flexibility index (Phi) is 1.20. The predicted molar refractivity (Wildman–Crippen MR) is 35.2 cm³/mol. The number of hydrogen-bond donors (Lipinski definition) is 0. The maximum atomic E-state index is 11.2. The third-order valence-electron chi connectivity index (χ3n) is 2.31. The Balaban J connectivity index is 2.17. The van der Waals surface area contributed by atoms with Gasteiger partial charge in [-0.05, 0) is 6.42 Å². The molecule has 2 saturated heterocycles. The topological polar surface area (TPSA) is 29.5 Å². The minimum atomic E-state index is 0.230. The molecule has 2 fully saturated rings. The smallest absolute Gasteiger partial charge is 0.227 e. The SMILES string of the molecule is C[C@H]1C[C@H]2COCN2C1=O. The van der Waals surface area contributed by atoms with Gasteiger partial charge in [-0.25, -0.2) is 0 Å². The van der Waals surface area contributed by atoms with Crippen molar-refractivity contribution in [3.05, 3.63) is 0 Å². The van der Waals surface area contributed by atoms with E-state index in [-0.39, 0.29) is 11.8 Å². The monoisotopic (exact) mass is 141 g/mol. The van der Waals surface area contributed by atoms with E-state index in [9.17, 15) is 4.79 Å². The van der Waals surface area contributed by atoms with Crippen LogP contribution in [0.4, 0.5) is 0 Å². The Morgan fingerprint density at radius 3 is 3.20 bits per heavy atom. The lowest BCUT2D eigenvalue weighted by Crippen LogP contribution is -2.28. The molecule has 56 valence electrons. The van der Waals surface area contributed by atoms with Crippen molar-refractivity contribution in [3.63, 3.8) is 0 Å². The van der Waals surface area contributed by atoms with Gasteiger partial charge in [0.2, 0.25) is 5.91 Å². The molecule has 2 rings (SSSR count). The summed E-state index contributed by atoms with van der Waals surface area (Å²) in [5, 5.41) is 0. The van der Waals surface area contributed by atoms with Gasteiger partial charge >= 0.3 is 0 Å². The molecule has 0 aromatic carbocycles. The summed E-state index contributed by atoms with van der Waals surface area (Å²) in [4.78, 5) is 13.1. The van der Waals surface area contributed by atoms with Crippen LogP contribution in [0.3, 0.4) is 0 Å². The number of hydrogen-bond acceptors (Lipinski definition) is 2. The summed E-state index contributed by atoms with van der Waals surface area (Å²) in [5.74, 6) is 0.497. The van der Waals surface area contributed by atoms with Crippen molar-refractivity contribution in [1.29, 1.82) is 0 Å². The van der Waals surface area contributed by atoms with Gasteiger partial charge in [-0.15, -0.1) is 0 Å². The lowest BCUT2D eigenvalue weighted by molar-refractivity contribution is -0.132. The molecule has 1 amide bonds. The maximum absolute atomic E-state index is 11.2. The first kappa shape index (κ1) is 6.16. The molecule has 3 heteroatoms. The lowest BCUT2D eigenvalue weighted by atomic mass is 10.1. The van der Waals surface area contributed by atoms with E-state index in [4.69, 9.17) is 4.74 Å². The minimum Gasteiger partial charge on any atom is -0.359 e. The second-order valence-corrected chi connectivity index (χ2v) is 3.10. The quantitative estimate of drug-likeness (QED) is 0.482. The Hall–Kier alpha value is -0.570. The molecule has 0 spiro atoms. The number of ether oxygens (including phenoxy) is 1. The summed E-state index contributed by atoms with van der Waals surface area (Å²) in [6.07, 6.45) is 0.985. The van der Waals surface area contributed by atoms with E-state index >= 15 is 0 Å². The molecular weight excluding hydrogens is 130 g/mol. The molecule has 0 saturated carbocycles. The van der Waals surface area contributed by atoms with E-state index in [2.05, 4.69) is 0 Å². The molecule has 0 radical (unpaired) electrons. The zero-order valence-electron chi connectivity index (χ0n) is 6.04. The highest BCUT2D eigenvalue weighted by Gasteiger charge is 2.40. The van der Waals surface area contributed by atoms with Crippen LogP contribution in [0, 0.1) is 5.92 Å². The molecule has 0 aromatic heterocycles. The average Bonchev–Trinajstić information content (AvgIpc) is 2.41. The van der Waals surface area contributed by atoms with Gasteiger partial charge in [0.15, 0.2) is 0 Å². The van der Waals surface area contributed by atoms with Gasteiger partial charge < -0.3 is 9.64 Å². The fourth-order valence-electron chi connectivity index (χ4n) is 1.71. The van der Waals surface area contributed by atoms with E-state index in [1.165, 1.54) is 0 Å². The van der Waals surface area contributed by atoms with E-state index < -0.39 is 0 Å². The largest absolute Gasteiger partial charge is 0.359 e. The Morgan fingerprint density at radius 1 is 1.70 bits per heavy atom. The van der Waals surface area contributed by atoms with Crippen LogP contribution in [0.5, 0.6) is 0 Å². The van der Waals surface area contributed by atoms with Crippen LogP contribution in [0.15, 0.2) is 0 Å². The molecule has 2 atom stereocenters. The molecular formula is C7H11NO2. The number of nitrogens with zero attached hydrogens (tertiary/aromatic N) is 1. The number of fused-ring (bicyclic) bond motifs is 1. The lowest BCUT2D eigenvalue weighted by Gasteiger charge is -2.10. The Labute approximate surface area is 60.0 Å². The summed E-state index contributed by atoms with van der Waals surface area (Å²) < 4.78 is 5.14. The second-order valence-electron chi connectivity index (χ2n) is 3.10. The van der Waals surface area contributed by atoms with Gasteiger partial charge in [0.25, 0.3) is 0 Å². The van der Waals surface area contributed by atoms with Crippen LogP contribution in [0.2, 0.25) is 0 Å². The van der Waals surface area contributed by atoms with Gasteiger partial charge in [-0.2, -0.15) is 0 Å². The molecule has 0 N–H and O–H groups in total. The Morgan fingerprint density at radius 2 is 2.50 bits per heavy atom. The normalized spacial score (nSPS) is 38.9. The first-order valence-corrected chi connectivity index (χ1v) is 3.67. The van der Waals surface area contributed by atoms with Gasteiger partial charge in [0, 0.05) is 5.92 Å². The molecule has 2 aliphatic heterocycles. The Bertz CT molecular complexity index is 169. The van der Waals surface area contributed by atoms with Crippen LogP contribution in [-0.4, -0.2) is 30.2 Å². The molecule has 0 aromatic rings. The predicted octanol–water partition coefficient (Wildman–Crippen LogP) is 0.211. The summed E-state index contributed by atoms with van der Waals surface area (Å²) in [6, 6.07) is 0.391. The first-order chi connectivity index (χ1) is 4.79.